The number of anilines is 1. The van der Waals surface area contributed by atoms with E-state index in [9.17, 15) is 14.9 Å². The van der Waals surface area contributed by atoms with Crippen LogP contribution in [-0.2, 0) is 0 Å². The second-order valence-electron chi connectivity index (χ2n) is 3.54. The number of non-ortho nitro benzene ring substituents is 1. The lowest BCUT2D eigenvalue weighted by molar-refractivity contribution is -0.384. The molecule has 0 bridgehead atoms. The van der Waals surface area contributed by atoms with E-state index in [2.05, 4.69) is 10.3 Å². The maximum Gasteiger partial charge on any atom is 0.270 e. The first-order chi connectivity index (χ1) is 8.56. The molecule has 0 fully saturated rings. The number of rotatable bonds is 3. The number of hydrogen-bond acceptors (Lipinski definition) is 5. The van der Waals surface area contributed by atoms with Crippen LogP contribution in [0.15, 0.2) is 30.5 Å². The zero-order chi connectivity index (χ0) is 13.1. The molecule has 1 heterocycles. The zero-order valence-electron chi connectivity index (χ0n) is 9.41. The lowest BCUT2D eigenvalue weighted by Gasteiger charge is -2.01. The normalized spacial score (nSPS) is 10.1. The molecule has 1 aromatic heterocycles. The van der Waals surface area contributed by atoms with Gasteiger partial charge in [-0.05, 0) is 13.0 Å². The van der Waals surface area contributed by atoms with Crippen LogP contribution in [0.4, 0.5) is 10.8 Å². The Morgan fingerprint density at radius 2 is 2.28 bits per heavy atom. The quantitative estimate of drug-likeness (QED) is 0.681. The van der Waals surface area contributed by atoms with Gasteiger partial charge in [-0.3, -0.25) is 20.2 Å². The van der Waals surface area contributed by atoms with Crippen molar-refractivity contribution < 1.29 is 9.72 Å². The minimum absolute atomic E-state index is 0.113. The fourth-order valence-electron chi connectivity index (χ4n) is 1.34. The summed E-state index contributed by atoms with van der Waals surface area (Å²) in [6.45, 7) is 1.88. The van der Waals surface area contributed by atoms with Gasteiger partial charge < -0.3 is 0 Å². The van der Waals surface area contributed by atoms with Gasteiger partial charge in [-0.1, -0.05) is 6.07 Å². The van der Waals surface area contributed by atoms with Crippen LogP contribution in [0.1, 0.15) is 15.2 Å². The first kappa shape index (κ1) is 12.2. The molecule has 0 aliphatic carbocycles. The lowest BCUT2D eigenvalue weighted by atomic mass is 10.2. The number of hydrogen-bond donors (Lipinski definition) is 1. The molecule has 7 heteroatoms. The van der Waals surface area contributed by atoms with E-state index in [0.29, 0.717) is 5.13 Å². The Labute approximate surface area is 106 Å². The van der Waals surface area contributed by atoms with E-state index < -0.39 is 10.8 Å². The van der Waals surface area contributed by atoms with Gasteiger partial charge in [-0.15, -0.1) is 11.3 Å². The summed E-state index contributed by atoms with van der Waals surface area (Å²) in [5.41, 5.74) is 0.120. The number of thiazole rings is 1. The molecule has 0 aliphatic heterocycles. The third-order valence-electron chi connectivity index (χ3n) is 2.16. The first-order valence-electron chi connectivity index (χ1n) is 5.04. The number of carbonyl (C=O) groups excluding carboxylic acids is 1. The van der Waals surface area contributed by atoms with Crippen molar-refractivity contribution in [2.45, 2.75) is 6.92 Å². The van der Waals surface area contributed by atoms with Crippen molar-refractivity contribution >= 4 is 28.1 Å². The van der Waals surface area contributed by atoms with Gasteiger partial charge in [0.25, 0.3) is 11.6 Å². The Morgan fingerprint density at radius 3 is 2.89 bits per heavy atom. The summed E-state index contributed by atoms with van der Waals surface area (Å²) >= 11 is 1.34. The summed E-state index contributed by atoms with van der Waals surface area (Å²) in [4.78, 5) is 26.9. The average Bonchev–Trinajstić information content (AvgIpc) is 2.75. The minimum Gasteiger partial charge on any atom is -0.298 e. The van der Waals surface area contributed by atoms with E-state index in [1.54, 1.807) is 6.20 Å². The largest absolute Gasteiger partial charge is 0.298 e. The van der Waals surface area contributed by atoms with Crippen molar-refractivity contribution in [2.24, 2.45) is 0 Å². The van der Waals surface area contributed by atoms with Gasteiger partial charge in [0.05, 0.1) is 4.92 Å². The monoisotopic (exact) mass is 263 g/mol. The molecule has 1 N–H and O–H groups in total. The number of nitrogens with zero attached hydrogens (tertiary/aromatic N) is 2. The van der Waals surface area contributed by atoms with Crippen molar-refractivity contribution in [1.29, 1.82) is 0 Å². The highest BCUT2D eigenvalue weighted by atomic mass is 32.1. The van der Waals surface area contributed by atoms with Gasteiger partial charge in [-0.2, -0.15) is 0 Å². The molecule has 1 amide bonds. The smallest absolute Gasteiger partial charge is 0.270 e. The van der Waals surface area contributed by atoms with Crippen LogP contribution in [0.3, 0.4) is 0 Å². The van der Waals surface area contributed by atoms with Crippen molar-refractivity contribution in [3.05, 3.63) is 51.0 Å². The Kier molecular flexibility index (Phi) is 3.33. The fourth-order valence-corrected chi connectivity index (χ4v) is 2.00. The summed E-state index contributed by atoms with van der Waals surface area (Å²) in [6.07, 6.45) is 1.65. The van der Waals surface area contributed by atoms with Gasteiger partial charge in [0.2, 0.25) is 0 Å². The summed E-state index contributed by atoms with van der Waals surface area (Å²) in [6, 6.07) is 5.56. The molecule has 0 saturated carbocycles. The molecule has 92 valence electrons. The van der Waals surface area contributed by atoms with Crippen LogP contribution in [-0.4, -0.2) is 15.8 Å². The van der Waals surface area contributed by atoms with Crippen LogP contribution in [0.25, 0.3) is 0 Å². The molecule has 2 aromatic rings. The van der Waals surface area contributed by atoms with E-state index in [4.69, 9.17) is 0 Å². The second-order valence-corrected chi connectivity index (χ2v) is 4.77. The van der Waals surface area contributed by atoms with E-state index in [1.807, 2.05) is 6.92 Å². The topological polar surface area (TPSA) is 85.1 Å². The molecule has 1 aromatic carbocycles. The molecule has 0 unspecified atom stereocenters. The molecule has 18 heavy (non-hydrogen) atoms. The Bertz CT molecular complexity index is 609. The molecule has 0 radical (unpaired) electrons. The number of amides is 1. The zero-order valence-corrected chi connectivity index (χ0v) is 10.2. The van der Waals surface area contributed by atoms with Crippen molar-refractivity contribution in [2.75, 3.05) is 5.32 Å². The van der Waals surface area contributed by atoms with Crippen molar-refractivity contribution in [1.82, 2.24) is 4.98 Å². The predicted molar refractivity (Wildman–Crippen MR) is 67.9 cm³/mol. The summed E-state index contributed by atoms with van der Waals surface area (Å²) in [5, 5.41) is 13.7. The number of aromatic nitrogens is 1. The molecule has 6 nitrogen and oxygen atoms in total. The van der Waals surface area contributed by atoms with Gasteiger partial charge in [-0.25, -0.2) is 4.98 Å². The maximum atomic E-state index is 11.8. The average molecular weight is 263 g/mol. The SMILES string of the molecule is Cc1cnc(NC(=O)c2cccc([N+](=O)[O-])c2)s1. The second kappa shape index (κ2) is 4.92. The van der Waals surface area contributed by atoms with E-state index in [1.165, 1.54) is 35.6 Å². The Morgan fingerprint density at radius 1 is 1.50 bits per heavy atom. The number of nitro benzene ring substituents is 1. The Hall–Kier alpha value is -2.28. The van der Waals surface area contributed by atoms with Crippen LogP contribution in [0.5, 0.6) is 0 Å². The third-order valence-corrected chi connectivity index (χ3v) is 2.99. The molecule has 0 aliphatic rings. The van der Waals surface area contributed by atoms with E-state index >= 15 is 0 Å². The summed E-state index contributed by atoms with van der Waals surface area (Å²) in [7, 11) is 0. The highest BCUT2D eigenvalue weighted by molar-refractivity contribution is 7.15. The van der Waals surface area contributed by atoms with Crippen LogP contribution >= 0.6 is 11.3 Å². The highest BCUT2D eigenvalue weighted by Crippen LogP contribution is 2.19. The Balaban J connectivity index is 2.18. The molecular weight excluding hydrogens is 254 g/mol. The van der Waals surface area contributed by atoms with Crippen LogP contribution < -0.4 is 5.32 Å². The van der Waals surface area contributed by atoms with Gasteiger partial charge >= 0.3 is 0 Å². The van der Waals surface area contributed by atoms with Gasteiger partial charge in [0.15, 0.2) is 5.13 Å². The fraction of sp³-hybridized carbons (Fsp3) is 0.0909. The third kappa shape index (κ3) is 2.69. The number of benzene rings is 1. The molecule has 0 saturated heterocycles. The van der Waals surface area contributed by atoms with Crippen LogP contribution in [0, 0.1) is 17.0 Å². The molecule has 0 spiro atoms. The van der Waals surface area contributed by atoms with Gasteiger partial charge in [0, 0.05) is 28.8 Å². The number of nitrogens with one attached hydrogen (secondary N) is 1. The predicted octanol–water partition coefficient (Wildman–Crippen LogP) is 2.61. The number of nitro groups is 1. The van der Waals surface area contributed by atoms with E-state index in [-0.39, 0.29) is 11.3 Å². The summed E-state index contributed by atoms with van der Waals surface area (Å²) in [5.74, 6) is -0.409. The van der Waals surface area contributed by atoms with Gasteiger partial charge in [0.1, 0.15) is 0 Å². The molecule has 2 rings (SSSR count). The first-order valence-corrected chi connectivity index (χ1v) is 5.86. The molecular formula is C11H9N3O3S. The van der Waals surface area contributed by atoms with Crippen molar-refractivity contribution in [3.8, 4) is 0 Å². The standard InChI is InChI=1S/C11H9N3O3S/c1-7-6-12-11(18-7)13-10(15)8-3-2-4-9(5-8)14(16)17/h2-6H,1H3,(H,12,13,15). The maximum absolute atomic E-state index is 11.8. The summed E-state index contributed by atoms with van der Waals surface area (Å²) < 4.78 is 0. The molecule has 0 atom stereocenters. The number of carbonyl (C=O) groups is 1. The minimum atomic E-state index is -0.537. The number of aryl methyl sites for hydroxylation is 1. The highest BCUT2D eigenvalue weighted by Gasteiger charge is 2.12. The van der Waals surface area contributed by atoms with Crippen molar-refractivity contribution in [3.63, 3.8) is 0 Å². The lowest BCUT2D eigenvalue weighted by Crippen LogP contribution is -2.11. The van der Waals surface area contributed by atoms with Crippen LogP contribution in [0.2, 0.25) is 0 Å². The van der Waals surface area contributed by atoms with E-state index in [0.717, 1.165) is 4.88 Å².